The molecule has 0 saturated carbocycles. The molecule has 0 bridgehead atoms. The van der Waals surface area contributed by atoms with Crippen molar-refractivity contribution in [3.05, 3.63) is 35.4 Å². The van der Waals surface area contributed by atoms with Crippen LogP contribution in [0, 0.1) is 18.8 Å². The van der Waals surface area contributed by atoms with E-state index in [0.29, 0.717) is 0 Å². The smallest absolute Gasteiger partial charge is 0.00142 e. The molecule has 0 amide bonds. The normalized spacial score (nSPS) is 26.7. The molecule has 0 spiro atoms. The zero-order valence-electron chi connectivity index (χ0n) is 9.09. The highest BCUT2D eigenvalue weighted by Gasteiger charge is 2.23. The molecule has 1 aliphatic heterocycles. The molecular weight excluding hydrogens is 170 g/mol. The van der Waals surface area contributed by atoms with Crippen molar-refractivity contribution in [2.24, 2.45) is 11.8 Å². The van der Waals surface area contributed by atoms with Crippen LogP contribution in [0.5, 0.6) is 0 Å². The van der Waals surface area contributed by atoms with E-state index in [1.54, 1.807) is 0 Å². The third-order valence-electron chi connectivity index (χ3n) is 3.42. The zero-order valence-corrected chi connectivity index (χ0v) is 9.09. The van der Waals surface area contributed by atoms with Crippen LogP contribution in [0.1, 0.15) is 18.1 Å². The van der Waals surface area contributed by atoms with Crippen molar-refractivity contribution >= 4 is 0 Å². The molecule has 76 valence electrons. The van der Waals surface area contributed by atoms with E-state index in [-0.39, 0.29) is 0 Å². The van der Waals surface area contributed by atoms with Crippen LogP contribution >= 0.6 is 0 Å². The first kappa shape index (κ1) is 9.72. The van der Waals surface area contributed by atoms with Gasteiger partial charge in [-0.1, -0.05) is 31.2 Å². The highest BCUT2D eigenvalue weighted by atomic mass is 14.9. The second-order valence-corrected chi connectivity index (χ2v) is 4.53. The summed E-state index contributed by atoms with van der Waals surface area (Å²) in [6.45, 7) is 6.94. The minimum Gasteiger partial charge on any atom is -0.316 e. The molecule has 1 N–H and O–H groups in total. The van der Waals surface area contributed by atoms with Gasteiger partial charge in [0, 0.05) is 0 Å². The summed E-state index contributed by atoms with van der Waals surface area (Å²) >= 11 is 0. The predicted octanol–water partition coefficient (Wildman–Crippen LogP) is 2.39. The van der Waals surface area contributed by atoms with Gasteiger partial charge in [-0.05, 0) is 49.4 Å². The third kappa shape index (κ3) is 1.98. The Labute approximate surface area is 86.5 Å². The van der Waals surface area contributed by atoms with Crippen molar-refractivity contribution in [2.75, 3.05) is 13.1 Å². The summed E-state index contributed by atoms with van der Waals surface area (Å²) in [4.78, 5) is 0. The van der Waals surface area contributed by atoms with E-state index in [2.05, 4.69) is 43.4 Å². The molecule has 1 fully saturated rings. The van der Waals surface area contributed by atoms with Gasteiger partial charge in [-0.2, -0.15) is 0 Å². The number of rotatable bonds is 2. The molecule has 1 aromatic carbocycles. The fourth-order valence-corrected chi connectivity index (χ4v) is 2.26. The lowest BCUT2D eigenvalue weighted by molar-refractivity contribution is 0.450. The highest BCUT2D eigenvalue weighted by Crippen LogP contribution is 2.22. The largest absolute Gasteiger partial charge is 0.316 e. The SMILES string of the molecule is Cc1ccccc1C[C@@H]1CNC[C@H]1C. The molecule has 1 heterocycles. The van der Waals surface area contributed by atoms with Gasteiger partial charge < -0.3 is 5.32 Å². The van der Waals surface area contributed by atoms with Crippen LogP contribution in [0.2, 0.25) is 0 Å². The summed E-state index contributed by atoms with van der Waals surface area (Å²) in [6.07, 6.45) is 1.24. The van der Waals surface area contributed by atoms with Crippen molar-refractivity contribution < 1.29 is 0 Å². The van der Waals surface area contributed by atoms with Crippen LogP contribution < -0.4 is 5.32 Å². The molecule has 1 heteroatoms. The van der Waals surface area contributed by atoms with Crippen LogP contribution in [-0.4, -0.2) is 13.1 Å². The van der Waals surface area contributed by atoms with E-state index in [1.807, 2.05) is 0 Å². The maximum atomic E-state index is 3.46. The van der Waals surface area contributed by atoms with E-state index in [4.69, 9.17) is 0 Å². The standard InChI is InChI=1S/C13H19N/c1-10-5-3-4-6-12(10)7-13-9-14-8-11(13)2/h3-6,11,13-14H,7-9H2,1-2H3/t11-,13-/m1/s1. The Morgan fingerprint density at radius 3 is 2.71 bits per heavy atom. The molecule has 1 aliphatic rings. The molecule has 0 aliphatic carbocycles. The average Bonchev–Trinajstić information content (AvgIpc) is 2.56. The van der Waals surface area contributed by atoms with Crippen LogP contribution in [0.25, 0.3) is 0 Å². The van der Waals surface area contributed by atoms with Crippen LogP contribution in [0.3, 0.4) is 0 Å². The molecule has 1 saturated heterocycles. The van der Waals surface area contributed by atoms with E-state index in [9.17, 15) is 0 Å². The van der Waals surface area contributed by atoms with Crippen molar-refractivity contribution in [1.82, 2.24) is 5.32 Å². The first-order valence-corrected chi connectivity index (χ1v) is 5.52. The minimum absolute atomic E-state index is 0.828. The molecule has 0 unspecified atom stereocenters. The van der Waals surface area contributed by atoms with Gasteiger partial charge in [-0.25, -0.2) is 0 Å². The van der Waals surface area contributed by atoms with E-state index in [1.165, 1.54) is 30.6 Å². The fraction of sp³-hybridized carbons (Fsp3) is 0.538. The molecule has 1 aromatic rings. The molecule has 1 nitrogen and oxygen atoms in total. The second-order valence-electron chi connectivity index (χ2n) is 4.53. The average molecular weight is 189 g/mol. The van der Waals surface area contributed by atoms with Crippen LogP contribution in [0.4, 0.5) is 0 Å². The topological polar surface area (TPSA) is 12.0 Å². The van der Waals surface area contributed by atoms with E-state index >= 15 is 0 Å². The van der Waals surface area contributed by atoms with E-state index < -0.39 is 0 Å². The molecule has 0 radical (unpaired) electrons. The number of hydrogen-bond acceptors (Lipinski definition) is 1. The maximum absolute atomic E-state index is 3.46. The van der Waals surface area contributed by atoms with Crippen molar-refractivity contribution in [2.45, 2.75) is 20.3 Å². The Morgan fingerprint density at radius 2 is 2.07 bits per heavy atom. The highest BCUT2D eigenvalue weighted by molar-refractivity contribution is 5.26. The van der Waals surface area contributed by atoms with Gasteiger partial charge in [-0.3, -0.25) is 0 Å². The fourth-order valence-electron chi connectivity index (χ4n) is 2.26. The van der Waals surface area contributed by atoms with Gasteiger partial charge >= 0.3 is 0 Å². The number of benzene rings is 1. The Hall–Kier alpha value is -0.820. The molecule has 2 atom stereocenters. The Kier molecular flexibility index (Phi) is 2.87. The number of aryl methyl sites for hydroxylation is 1. The minimum atomic E-state index is 0.828. The quantitative estimate of drug-likeness (QED) is 0.753. The maximum Gasteiger partial charge on any atom is -0.00142 e. The lowest BCUT2D eigenvalue weighted by atomic mass is 9.89. The third-order valence-corrected chi connectivity index (χ3v) is 3.42. The van der Waals surface area contributed by atoms with E-state index in [0.717, 1.165) is 11.8 Å². The number of hydrogen-bond donors (Lipinski definition) is 1. The van der Waals surface area contributed by atoms with Gasteiger partial charge in [0.25, 0.3) is 0 Å². The Morgan fingerprint density at radius 1 is 1.29 bits per heavy atom. The van der Waals surface area contributed by atoms with Gasteiger partial charge in [0.15, 0.2) is 0 Å². The van der Waals surface area contributed by atoms with Crippen molar-refractivity contribution in [3.8, 4) is 0 Å². The van der Waals surface area contributed by atoms with Gasteiger partial charge in [-0.15, -0.1) is 0 Å². The summed E-state index contributed by atoms with van der Waals surface area (Å²) < 4.78 is 0. The van der Waals surface area contributed by atoms with Gasteiger partial charge in [0.1, 0.15) is 0 Å². The first-order chi connectivity index (χ1) is 6.77. The molecule has 14 heavy (non-hydrogen) atoms. The molecule has 0 aromatic heterocycles. The summed E-state index contributed by atoms with van der Waals surface area (Å²) in [7, 11) is 0. The summed E-state index contributed by atoms with van der Waals surface area (Å²) in [5, 5.41) is 3.46. The summed E-state index contributed by atoms with van der Waals surface area (Å²) in [5.41, 5.74) is 2.96. The lowest BCUT2D eigenvalue weighted by Crippen LogP contribution is -2.13. The predicted molar refractivity (Wildman–Crippen MR) is 60.4 cm³/mol. The monoisotopic (exact) mass is 189 g/mol. The van der Waals surface area contributed by atoms with Crippen LogP contribution in [0.15, 0.2) is 24.3 Å². The summed E-state index contributed by atoms with van der Waals surface area (Å²) in [6, 6.07) is 8.74. The van der Waals surface area contributed by atoms with Crippen LogP contribution in [-0.2, 0) is 6.42 Å². The Balaban J connectivity index is 2.07. The number of nitrogens with one attached hydrogen (secondary N) is 1. The van der Waals surface area contributed by atoms with Gasteiger partial charge in [0.2, 0.25) is 0 Å². The summed E-state index contributed by atoms with van der Waals surface area (Å²) in [5.74, 6) is 1.66. The first-order valence-electron chi connectivity index (χ1n) is 5.52. The van der Waals surface area contributed by atoms with Crippen molar-refractivity contribution in [1.29, 1.82) is 0 Å². The molecule has 2 rings (SSSR count). The molecular formula is C13H19N. The lowest BCUT2D eigenvalue weighted by Gasteiger charge is -2.15. The Bertz CT molecular complexity index is 306. The van der Waals surface area contributed by atoms with Gasteiger partial charge in [0.05, 0.1) is 0 Å². The van der Waals surface area contributed by atoms with Crippen molar-refractivity contribution in [3.63, 3.8) is 0 Å². The second kappa shape index (κ2) is 4.14. The zero-order chi connectivity index (χ0) is 9.97.